The normalized spacial score (nSPS) is 13.9. The quantitative estimate of drug-likeness (QED) is 0.656. The van der Waals surface area contributed by atoms with Crippen molar-refractivity contribution in [3.05, 3.63) is 17.7 Å². The van der Waals surface area contributed by atoms with Gasteiger partial charge in [-0.2, -0.15) is 12.6 Å². The molecule has 0 fully saturated rings. The SMILES string of the molecule is CC(C)c1cnc(C(C)S)[nH]1. The Balaban J connectivity index is 2.82. The van der Waals surface area contributed by atoms with Gasteiger partial charge in [-0.25, -0.2) is 4.98 Å². The average Bonchev–Trinajstić information content (AvgIpc) is 2.33. The van der Waals surface area contributed by atoms with E-state index in [2.05, 4.69) is 36.4 Å². The lowest BCUT2D eigenvalue weighted by Crippen LogP contribution is -1.90. The Morgan fingerprint density at radius 1 is 1.45 bits per heavy atom. The number of hydrogen-bond donors (Lipinski definition) is 2. The molecule has 0 radical (unpaired) electrons. The minimum absolute atomic E-state index is 0.197. The third-order valence-corrected chi connectivity index (χ3v) is 1.88. The van der Waals surface area contributed by atoms with Gasteiger partial charge in [0.05, 0.1) is 5.25 Å². The van der Waals surface area contributed by atoms with Gasteiger partial charge in [-0.15, -0.1) is 0 Å². The smallest absolute Gasteiger partial charge is 0.118 e. The third kappa shape index (κ3) is 1.99. The van der Waals surface area contributed by atoms with E-state index >= 15 is 0 Å². The van der Waals surface area contributed by atoms with E-state index in [1.807, 2.05) is 13.1 Å². The molecular weight excluding hydrogens is 156 g/mol. The van der Waals surface area contributed by atoms with Crippen molar-refractivity contribution in [2.75, 3.05) is 0 Å². The molecule has 0 aromatic carbocycles. The Labute approximate surface area is 72.8 Å². The van der Waals surface area contributed by atoms with Crippen molar-refractivity contribution < 1.29 is 0 Å². The second-order valence-corrected chi connectivity index (χ2v) is 3.83. The number of aromatic nitrogens is 2. The van der Waals surface area contributed by atoms with Crippen LogP contribution in [0.2, 0.25) is 0 Å². The minimum atomic E-state index is 0.197. The van der Waals surface area contributed by atoms with E-state index in [1.165, 1.54) is 5.69 Å². The van der Waals surface area contributed by atoms with Gasteiger partial charge < -0.3 is 4.98 Å². The number of H-pyrrole nitrogens is 1. The summed E-state index contributed by atoms with van der Waals surface area (Å²) in [5.74, 6) is 1.47. The molecule has 1 aromatic heterocycles. The molecule has 1 N–H and O–H groups in total. The molecule has 0 saturated carbocycles. The molecule has 0 saturated heterocycles. The zero-order valence-electron chi connectivity index (χ0n) is 7.13. The number of imidazole rings is 1. The zero-order chi connectivity index (χ0) is 8.43. The molecule has 0 aliphatic carbocycles. The molecule has 0 spiro atoms. The first-order valence-electron chi connectivity index (χ1n) is 3.84. The number of aromatic amines is 1. The second kappa shape index (κ2) is 3.30. The average molecular weight is 170 g/mol. The standard InChI is InChI=1S/C8H14N2S/c1-5(2)7-4-9-8(10-7)6(3)11/h4-6,11H,1-3H3,(H,9,10). The second-order valence-electron chi connectivity index (χ2n) is 3.05. The number of thiol groups is 1. The summed E-state index contributed by atoms with van der Waals surface area (Å²) in [6.45, 7) is 6.28. The maximum atomic E-state index is 4.28. The van der Waals surface area contributed by atoms with E-state index < -0.39 is 0 Å². The van der Waals surface area contributed by atoms with Crippen molar-refractivity contribution in [3.8, 4) is 0 Å². The fourth-order valence-electron chi connectivity index (χ4n) is 0.857. The van der Waals surface area contributed by atoms with Crippen LogP contribution in [0.3, 0.4) is 0 Å². The first kappa shape index (κ1) is 8.65. The largest absolute Gasteiger partial charge is 0.345 e. The van der Waals surface area contributed by atoms with Gasteiger partial charge >= 0.3 is 0 Å². The first-order valence-corrected chi connectivity index (χ1v) is 4.35. The molecule has 0 bridgehead atoms. The molecule has 11 heavy (non-hydrogen) atoms. The van der Waals surface area contributed by atoms with Crippen LogP contribution in [0.5, 0.6) is 0 Å². The summed E-state index contributed by atoms with van der Waals surface area (Å²) >= 11 is 4.28. The fraction of sp³-hybridized carbons (Fsp3) is 0.625. The van der Waals surface area contributed by atoms with Crippen LogP contribution in [0.4, 0.5) is 0 Å². The number of rotatable bonds is 2. The lowest BCUT2D eigenvalue weighted by atomic mass is 10.2. The molecular formula is C8H14N2S. The van der Waals surface area contributed by atoms with Crippen molar-refractivity contribution in [2.45, 2.75) is 31.9 Å². The van der Waals surface area contributed by atoms with Gasteiger partial charge in [0.2, 0.25) is 0 Å². The van der Waals surface area contributed by atoms with Crippen molar-refractivity contribution in [1.82, 2.24) is 9.97 Å². The van der Waals surface area contributed by atoms with Crippen LogP contribution in [0.25, 0.3) is 0 Å². The summed E-state index contributed by atoms with van der Waals surface area (Å²) in [4.78, 5) is 7.43. The summed E-state index contributed by atoms with van der Waals surface area (Å²) < 4.78 is 0. The van der Waals surface area contributed by atoms with Crippen LogP contribution in [-0.2, 0) is 0 Å². The molecule has 2 nitrogen and oxygen atoms in total. The molecule has 1 aromatic rings. The van der Waals surface area contributed by atoms with Gasteiger partial charge in [0.25, 0.3) is 0 Å². The van der Waals surface area contributed by atoms with E-state index in [0.29, 0.717) is 5.92 Å². The Bertz CT molecular complexity index is 205. The molecule has 0 aliphatic heterocycles. The molecule has 62 valence electrons. The molecule has 0 amide bonds. The highest BCUT2D eigenvalue weighted by Crippen LogP contribution is 2.18. The first-order chi connectivity index (χ1) is 5.11. The topological polar surface area (TPSA) is 28.7 Å². The highest BCUT2D eigenvalue weighted by molar-refractivity contribution is 7.80. The van der Waals surface area contributed by atoms with Crippen molar-refractivity contribution >= 4 is 12.6 Å². The van der Waals surface area contributed by atoms with Gasteiger partial charge in [0, 0.05) is 11.9 Å². The molecule has 1 rings (SSSR count). The van der Waals surface area contributed by atoms with E-state index in [1.54, 1.807) is 0 Å². The Morgan fingerprint density at radius 3 is 2.36 bits per heavy atom. The van der Waals surface area contributed by atoms with Gasteiger partial charge in [0.1, 0.15) is 5.82 Å². The monoisotopic (exact) mass is 170 g/mol. The minimum Gasteiger partial charge on any atom is -0.345 e. The Hall–Kier alpha value is -0.440. The fourth-order valence-corrected chi connectivity index (χ4v) is 0.988. The molecule has 1 heterocycles. The van der Waals surface area contributed by atoms with Crippen LogP contribution >= 0.6 is 12.6 Å². The molecule has 3 heteroatoms. The third-order valence-electron chi connectivity index (χ3n) is 1.63. The summed E-state index contributed by atoms with van der Waals surface area (Å²) in [6, 6.07) is 0. The highest BCUT2D eigenvalue weighted by atomic mass is 32.1. The van der Waals surface area contributed by atoms with Crippen LogP contribution in [0, 0.1) is 0 Å². The summed E-state index contributed by atoms with van der Waals surface area (Å²) in [5, 5.41) is 0.197. The lowest BCUT2D eigenvalue weighted by molar-refractivity contribution is 0.822. The predicted octanol–water partition coefficient (Wildman–Crippen LogP) is 2.52. The highest BCUT2D eigenvalue weighted by Gasteiger charge is 2.06. The van der Waals surface area contributed by atoms with Crippen molar-refractivity contribution in [3.63, 3.8) is 0 Å². The maximum absolute atomic E-state index is 4.28. The zero-order valence-corrected chi connectivity index (χ0v) is 8.02. The molecule has 1 unspecified atom stereocenters. The van der Waals surface area contributed by atoms with Crippen LogP contribution in [0.15, 0.2) is 6.20 Å². The Kier molecular flexibility index (Phi) is 2.60. The van der Waals surface area contributed by atoms with Gasteiger partial charge in [-0.05, 0) is 12.8 Å². The van der Waals surface area contributed by atoms with Gasteiger partial charge in [0.15, 0.2) is 0 Å². The van der Waals surface area contributed by atoms with Gasteiger partial charge in [-0.1, -0.05) is 13.8 Å². The van der Waals surface area contributed by atoms with E-state index in [4.69, 9.17) is 0 Å². The predicted molar refractivity (Wildman–Crippen MR) is 50.1 cm³/mol. The van der Waals surface area contributed by atoms with E-state index in [-0.39, 0.29) is 5.25 Å². The van der Waals surface area contributed by atoms with Crippen LogP contribution in [0.1, 0.15) is 43.5 Å². The lowest BCUT2D eigenvalue weighted by Gasteiger charge is -2.00. The molecule has 0 aliphatic rings. The van der Waals surface area contributed by atoms with Gasteiger partial charge in [-0.3, -0.25) is 0 Å². The number of hydrogen-bond acceptors (Lipinski definition) is 2. The van der Waals surface area contributed by atoms with E-state index in [0.717, 1.165) is 5.82 Å². The number of nitrogens with one attached hydrogen (secondary N) is 1. The molecule has 1 atom stereocenters. The van der Waals surface area contributed by atoms with Crippen molar-refractivity contribution in [2.24, 2.45) is 0 Å². The Morgan fingerprint density at radius 2 is 2.09 bits per heavy atom. The summed E-state index contributed by atoms with van der Waals surface area (Å²) in [5.41, 5.74) is 1.18. The maximum Gasteiger partial charge on any atom is 0.118 e. The van der Waals surface area contributed by atoms with Crippen LogP contribution < -0.4 is 0 Å². The summed E-state index contributed by atoms with van der Waals surface area (Å²) in [6.07, 6.45) is 1.88. The number of nitrogens with zero attached hydrogens (tertiary/aromatic N) is 1. The van der Waals surface area contributed by atoms with Crippen LogP contribution in [-0.4, -0.2) is 9.97 Å². The van der Waals surface area contributed by atoms with E-state index in [9.17, 15) is 0 Å². The summed E-state index contributed by atoms with van der Waals surface area (Å²) in [7, 11) is 0. The van der Waals surface area contributed by atoms with Crippen molar-refractivity contribution in [1.29, 1.82) is 0 Å².